The Labute approximate surface area is 73.0 Å². The maximum atomic E-state index is 11.0. The fraction of sp³-hybridized carbons (Fsp3) is 0.400. The zero-order valence-corrected chi connectivity index (χ0v) is 8.15. The topological polar surface area (TPSA) is 55.7 Å². The average molecular weight is 240 g/mol. The lowest BCUT2D eigenvalue weighted by Crippen LogP contribution is -2.14. The predicted molar refractivity (Wildman–Crippen MR) is 45.2 cm³/mol. The van der Waals surface area contributed by atoms with Crippen molar-refractivity contribution in [3.8, 4) is 0 Å². The van der Waals surface area contributed by atoms with Crippen LogP contribution in [0.25, 0.3) is 0 Å². The van der Waals surface area contributed by atoms with Crippen molar-refractivity contribution in [2.24, 2.45) is 4.99 Å². The van der Waals surface area contributed by atoms with Gasteiger partial charge in [0.1, 0.15) is 11.2 Å². The number of rotatable bonds is 2. The number of methoxy groups -OCH3 is 1. The SMILES string of the molecule is COCC1=NC(Br)=CS1(=O)=O. The molecule has 4 nitrogen and oxygen atoms in total. The van der Waals surface area contributed by atoms with E-state index in [1.807, 2.05) is 0 Å². The molecule has 0 N–H and O–H groups in total. The molecule has 1 rings (SSSR count). The lowest BCUT2D eigenvalue weighted by molar-refractivity contribution is 0.247. The summed E-state index contributed by atoms with van der Waals surface area (Å²) in [7, 11) is -1.86. The minimum absolute atomic E-state index is 0.0218. The molecule has 1 aliphatic rings. The first-order chi connectivity index (χ1) is 5.06. The highest BCUT2D eigenvalue weighted by Gasteiger charge is 2.23. The van der Waals surface area contributed by atoms with Crippen LogP contribution in [-0.4, -0.2) is 27.2 Å². The molecular formula is C5H6BrNO3S. The van der Waals surface area contributed by atoms with Gasteiger partial charge in [-0.3, -0.25) is 0 Å². The van der Waals surface area contributed by atoms with E-state index in [0.717, 1.165) is 5.41 Å². The summed E-state index contributed by atoms with van der Waals surface area (Å²) in [4.78, 5) is 3.71. The largest absolute Gasteiger partial charge is 0.378 e. The van der Waals surface area contributed by atoms with E-state index in [1.54, 1.807) is 0 Å². The minimum Gasteiger partial charge on any atom is -0.378 e. The van der Waals surface area contributed by atoms with E-state index in [-0.39, 0.29) is 11.7 Å². The molecule has 0 saturated heterocycles. The van der Waals surface area contributed by atoms with Gasteiger partial charge in [-0.25, -0.2) is 13.4 Å². The summed E-state index contributed by atoms with van der Waals surface area (Å²) < 4.78 is 27.1. The van der Waals surface area contributed by atoms with Gasteiger partial charge in [0.15, 0.2) is 5.04 Å². The summed E-state index contributed by atoms with van der Waals surface area (Å²) in [5.41, 5.74) is 0. The number of hydrogen-bond donors (Lipinski definition) is 0. The molecule has 0 unspecified atom stereocenters. The molecule has 0 fully saturated rings. The number of ether oxygens (including phenoxy) is 1. The summed E-state index contributed by atoms with van der Waals surface area (Å²) >= 11 is 2.96. The molecule has 0 aromatic heterocycles. The van der Waals surface area contributed by atoms with Crippen LogP contribution >= 0.6 is 15.9 Å². The fourth-order valence-corrected chi connectivity index (χ4v) is 2.67. The third-order valence-corrected chi connectivity index (χ3v) is 3.19. The number of hydrogen-bond acceptors (Lipinski definition) is 4. The molecule has 0 aromatic rings. The summed E-state index contributed by atoms with van der Waals surface area (Å²) in [5, 5.41) is 1.10. The molecular weight excluding hydrogens is 234 g/mol. The molecule has 0 spiro atoms. The first-order valence-corrected chi connectivity index (χ1v) is 5.09. The molecule has 1 heterocycles. The van der Waals surface area contributed by atoms with Gasteiger partial charge < -0.3 is 4.74 Å². The maximum absolute atomic E-state index is 11.0. The highest BCUT2D eigenvalue weighted by atomic mass is 79.9. The molecule has 0 atom stereocenters. The molecule has 62 valence electrons. The van der Waals surface area contributed by atoms with Crippen LogP contribution in [0.5, 0.6) is 0 Å². The van der Waals surface area contributed by atoms with Crippen LogP contribution < -0.4 is 0 Å². The van der Waals surface area contributed by atoms with Gasteiger partial charge in [0, 0.05) is 7.11 Å². The standard InChI is InChI=1S/C5H6BrNO3S/c1-10-2-5-7-4(6)3-11(5,8)9/h3H,2H2,1H3. The van der Waals surface area contributed by atoms with Crippen molar-refractivity contribution in [3.63, 3.8) is 0 Å². The normalized spacial score (nSPS) is 21.3. The van der Waals surface area contributed by atoms with E-state index in [9.17, 15) is 8.42 Å². The Hall–Kier alpha value is -0.200. The van der Waals surface area contributed by atoms with Gasteiger partial charge in [0.25, 0.3) is 0 Å². The molecule has 0 saturated carbocycles. The summed E-state index contributed by atoms with van der Waals surface area (Å²) in [6.45, 7) is 0.0218. The van der Waals surface area contributed by atoms with E-state index in [0.29, 0.717) is 4.61 Å². The first-order valence-electron chi connectivity index (χ1n) is 2.75. The Morgan fingerprint density at radius 3 is 2.73 bits per heavy atom. The second-order valence-electron chi connectivity index (χ2n) is 1.92. The third kappa shape index (κ3) is 1.88. The second kappa shape index (κ2) is 3.04. The van der Waals surface area contributed by atoms with Gasteiger partial charge in [-0.2, -0.15) is 0 Å². The Balaban J connectivity index is 2.95. The van der Waals surface area contributed by atoms with Crippen LogP contribution in [0.3, 0.4) is 0 Å². The quantitative estimate of drug-likeness (QED) is 0.666. The number of nitrogens with zero attached hydrogens (tertiary/aromatic N) is 1. The van der Waals surface area contributed by atoms with Crippen LogP contribution in [-0.2, 0) is 14.6 Å². The molecule has 0 aliphatic carbocycles. The van der Waals surface area contributed by atoms with E-state index >= 15 is 0 Å². The van der Waals surface area contributed by atoms with Crippen molar-refractivity contribution in [2.45, 2.75) is 0 Å². The molecule has 0 bridgehead atoms. The number of aliphatic imine (C=N–C) groups is 1. The van der Waals surface area contributed by atoms with Gasteiger partial charge in [-0.15, -0.1) is 0 Å². The summed E-state index contributed by atoms with van der Waals surface area (Å²) in [6.07, 6.45) is 0. The number of sulfone groups is 1. The monoisotopic (exact) mass is 239 g/mol. The molecule has 6 heteroatoms. The zero-order chi connectivity index (χ0) is 8.48. The van der Waals surface area contributed by atoms with Crippen LogP contribution in [0, 0.1) is 0 Å². The van der Waals surface area contributed by atoms with Crippen molar-refractivity contribution in [2.75, 3.05) is 13.7 Å². The lowest BCUT2D eigenvalue weighted by atomic mass is 10.8. The maximum Gasteiger partial charge on any atom is 0.218 e. The van der Waals surface area contributed by atoms with Gasteiger partial charge in [-0.1, -0.05) is 0 Å². The highest BCUT2D eigenvalue weighted by Crippen LogP contribution is 2.19. The van der Waals surface area contributed by atoms with Crippen molar-refractivity contribution < 1.29 is 13.2 Å². The van der Waals surface area contributed by atoms with E-state index in [2.05, 4.69) is 25.7 Å². The van der Waals surface area contributed by atoms with Crippen molar-refractivity contribution in [1.29, 1.82) is 0 Å². The molecule has 11 heavy (non-hydrogen) atoms. The lowest BCUT2D eigenvalue weighted by Gasteiger charge is -1.95. The highest BCUT2D eigenvalue weighted by molar-refractivity contribution is 9.11. The Morgan fingerprint density at radius 1 is 1.73 bits per heavy atom. The van der Waals surface area contributed by atoms with E-state index < -0.39 is 9.84 Å². The minimum atomic E-state index is -3.28. The van der Waals surface area contributed by atoms with Crippen molar-refractivity contribution in [1.82, 2.24) is 0 Å². The van der Waals surface area contributed by atoms with Gasteiger partial charge in [0.05, 0.1) is 5.41 Å². The Bertz CT molecular complexity index is 317. The number of halogens is 1. The van der Waals surface area contributed by atoms with E-state index in [4.69, 9.17) is 0 Å². The smallest absolute Gasteiger partial charge is 0.218 e. The van der Waals surface area contributed by atoms with Gasteiger partial charge in [-0.05, 0) is 15.9 Å². The van der Waals surface area contributed by atoms with Crippen LogP contribution in [0.4, 0.5) is 0 Å². The average Bonchev–Trinajstić information content (AvgIpc) is 2.07. The summed E-state index contributed by atoms with van der Waals surface area (Å²) in [5.74, 6) is 0. The first kappa shape index (κ1) is 8.89. The molecule has 0 aromatic carbocycles. The molecule has 1 aliphatic heterocycles. The molecule has 0 radical (unpaired) electrons. The fourth-order valence-electron chi connectivity index (χ4n) is 0.643. The van der Waals surface area contributed by atoms with E-state index in [1.165, 1.54) is 7.11 Å². The van der Waals surface area contributed by atoms with Crippen molar-refractivity contribution in [3.05, 3.63) is 10.0 Å². The molecule has 0 amide bonds. The Kier molecular flexibility index (Phi) is 2.46. The zero-order valence-electron chi connectivity index (χ0n) is 5.74. The van der Waals surface area contributed by atoms with Crippen LogP contribution in [0.1, 0.15) is 0 Å². The predicted octanol–water partition coefficient (Wildman–Crippen LogP) is 0.654. The Morgan fingerprint density at radius 2 is 2.36 bits per heavy atom. The second-order valence-corrected chi connectivity index (χ2v) is 4.53. The van der Waals surface area contributed by atoms with Crippen molar-refractivity contribution >= 4 is 30.8 Å². The van der Waals surface area contributed by atoms with Gasteiger partial charge in [0.2, 0.25) is 9.84 Å². The summed E-state index contributed by atoms with van der Waals surface area (Å²) in [6, 6.07) is 0. The van der Waals surface area contributed by atoms with Crippen LogP contribution in [0.15, 0.2) is 15.0 Å². The van der Waals surface area contributed by atoms with Crippen LogP contribution in [0.2, 0.25) is 0 Å². The third-order valence-electron chi connectivity index (χ3n) is 1.08. The van der Waals surface area contributed by atoms with Gasteiger partial charge >= 0.3 is 0 Å².